The molecule has 2 aliphatic heterocycles. The lowest BCUT2D eigenvalue weighted by Crippen LogP contribution is -2.44. The van der Waals surface area contributed by atoms with Crippen LogP contribution in [-0.4, -0.2) is 36.1 Å². The third kappa shape index (κ3) is 3.57. The average Bonchev–Trinajstić information content (AvgIpc) is 2.92. The molecule has 2 aromatic carbocycles. The fourth-order valence-corrected chi connectivity index (χ4v) is 3.77. The van der Waals surface area contributed by atoms with Crippen LogP contribution in [0.2, 0.25) is 0 Å². The van der Waals surface area contributed by atoms with E-state index in [0.29, 0.717) is 18.7 Å². The Morgan fingerprint density at radius 2 is 1.88 bits per heavy atom. The van der Waals surface area contributed by atoms with E-state index in [0.717, 1.165) is 18.7 Å². The lowest BCUT2D eigenvalue weighted by atomic mass is 9.99. The Bertz CT molecular complexity index is 752. The number of amides is 1. The molecule has 3 unspecified atom stereocenters. The number of fused-ring (bicyclic) bond motifs is 2. The number of morpholine rings is 1. The van der Waals surface area contributed by atoms with E-state index in [9.17, 15) is 9.18 Å². The number of ether oxygens (including phenoxy) is 1. The molecule has 2 fully saturated rings. The van der Waals surface area contributed by atoms with Crippen molar-refractivity contribution in [2.75, 3.05) is 18.4 Å². The molecular weight excluding hydrogens is 319 g/mol. The zero-order chi connectivity index (χ0) is 17.2. The zero-order valence-electron chi connectivity index (χ0n) is 13.9. The van der Waals surface area contributed by atoms with Gasteiger partial charge in [0.2, 0.25) is 5.91 Å². The van der Waals surface area contributed by atoms with Crippen molar-refractivity contribution in [2.45, 2.75) is 25.2 Å². The fraction of sp³-hybridized carbons (Fsp3) is 0.350. The first-order valence-electron chi connectivity index (χ1n) is 8.66. The third-order valence-electron chi connectivity index (χ3n) is 4.96. The van der Waals surface area contributed by atoms with E-state index in [1.54, 1.807) is 6.07 Å². The summed E-state index contributed by atoms with van der Waals surface area (Å²) < 4.78 is 19.9. The lowest BCUT2D eigenvalue weighted by molar-refractivity contribution is -0.123. The van der Waals surface area contributed by atoms with Gasteiger partial charge in [-0.15, -0.1) is 0 Å². The molecule has 4 rings (SSSR count). The summed E-state index contributed by atoms with van der Waals surface area (Å²) in [7, 11) is 0. The van der Waals surface area contributed by atoms with Crippen molar-refractivity contribution >= 4 is 11.6 Å². The second-order valence-electron chi connectivity index (χ2n) is 6.78. The SMILES string of the molecule is O=C(Nc1ccccc1)C1CC2CN(Cc3ccccc3F)CC1O2. The molecule has 1 amide bonds. The topological polar surface area (TPSA) is 41.6 Å². The predicted octanol–water partition coefficient (Wildman–Crippen LogP) is 3.05. The first-order valence-corrected chi connectivity index (χ1v) is 8.66. The average molecular weight is 340 g/mol. The van der Waals surface area contributed by atoms with Crippen LogP contribution in [0.4, 0.5) is 10.1 Å². The van der Waals surface area contributed by atoms with Gasteiger partial charge in [0.15, 0.2) is 0 Å². The summed E-state index contributed by atoms with van der Waals surface area (Å²) in [5.74, 6) is -0.332. The summed E-state index contributed by atoms with van der Waals surface area (Å²) in [6.45, 7) is 1.94. The van der Waals surface area contributed by atoms with Crippen molar-refractivity contribution in [2.24, 2.45) is 5.92 Å². The number of para-hydroxylation sites is 1. The maximum atomic E-state index is 13.9. The smallest absolute Gasteiger partial charge is 0.230 e. The van der Waals surface area contributed by atoms with Gasteiger partial charge in [0.1, 0.15) is 5.82 Å². The standard InChI is InChI=1S/C20H21FN2O2/c21-18-9-5-4-6-14(18)11-23-12-16-10-17(19(13-23)25-16)20(24)22-15-7-2-1-3-8-15/h1-9,16-17,19H,10-13H2,(H,22,24). The van der Waals surface area contributed by atoms with Crippen LogP contribution in [0, 0.1) is 11.7 Å². The minimum atomic E-state index is -0.181. The molecule has 4 nitrogen and oxygen atoms in total. The van der Waals surface area contributed by atoms with Crippen LogP contribution in [0.3, 0.4) is 0 Å². The largest absolute Gasteiger partial charge is 0.371 e. The van der Waals surface area contributed by atoms with Gasteiger partial charge in [-0.1, -0.05) is 36.4 Å². The molecule has 2 bridgehead atoms. The maximum absolute atomic E-state index is 13.9. The molecule has 3 atom stereocenters. The Balaban J connectivity index is 1.40. The van der Waals surface area contributed by atoms with Crippen LogP contribution in [0.25, 0.3) is 0 Å². The van der Waals surface area contributed by atoms with Gasteiger partial charge in [-0.2, -0.15) is 0 Å². The van der Waals surface area contributed by atoms with E-state index in [4.69, 9.17) is 4.74 Å². The summed E-state index contributed by atoms with van der Waals surface area (Å²) in [6, 6.07) is 16.3. The molecule has 0 aromatic heterocycles. The number of benzene rings is 2. The Hall–Kier alpha value is -2.24. The maximum Gasteiger partial charge on any atom is 0.230 e. The number of nitrogens with zero attached hydrogens (tertiary/aromatic N) is 1. The van der Waals surface area contributed by atoms with Gasteiger partial charge in [0, 0.05) is 30.9 Å². The van der Waals surface area contributed by atoms with Crippen molar-refractivity contribution in [1.82, 2.24) is 4.90 Å². The predicted molar refractivity (Wildman–Crippen MR) is 93.5 cm³/mol. The highest BCUT2D eigenvalue weighted by molar-refractivity contribution is 5.93. The minimum absolute atomic E-state index is 0.00596. The Labute approximate surface area is 146 Å². The summed E-state index contributed by atoms with van der Waals surface area (Å²) in [4.78, 5) is 14.8. The second-order valence-corrected chi connectivity index (χ2v) is 6.78. The monoisotopic (exact) mass is 340 g/mol. The molecule has 130 valence electrons. The highest BCUT2D eigenvalue weighted by Gasteiger charge is 2.44. The number of carbonyl (C=O) groups is 1. The van der Waals surface area contributed by atoms with E-state index < -0.39 is 0 Å². The summed E-state index contributed by atoms with van der Waals surface area (Å²) in [5.41, 5.74) is 1.49. The summed E-state index contributed by atoms with van der Waals surface area (Å²) in [6.07, 6.45) is 0.628. The van der Waals surface area contributed by atoms with Crippen molar-refractivity contribution in [3.8, 4) is 0 Å². The minimum Gasteiger partial charge on any atom is -0.371 e. The van der Waals surface area contributed by atoms with Gasteiger partial charge in [-0.3, -0.25) is 9.69 Å². The van der Waals surface area contributed by atoms with Crippen molar-refractivity contribution in [3.63, 3.8) is 0 Å². The van der Waals surface area contributed by atoms with Crippen molar-refractivity contribution in [1.29, 1.82) is 0 Å². The third-order valence-corrected chi connectivity index (χ3v) is 4.96. The summed E-state index contributed by atoms with van der Waals surface area (Å²) in [5, 5.41) is 2.97. The van der Waals surface area contributed by atoms with Crippen molar-refractivity contribution in [3.05, 3.63) is 66.0 Å². The number of likely N-dealkylation sites (tertiary alicyclic amines) is 1. The molecule has 2 aliphatic rings. The van der Waals surface area contributed by atoms with Crippen LogP contribution in [-0.2, 0) is 16.1 Å². The van der Waals surface area contributed by atoms with Gasteiger partial charge < -0.3 is 10.1 Å². The summed E-state index contributed by atoms with van der Waals surface area (Å²) >= 11 is 0. The number of anilines is 1. The van der Waals surface area contributed by atoms with E-state index in [1.165, 1.54) is 6.07 Å². The Morgan fingerprint density at radius 3 is 2.68 bits per heavy atom. The molecule has 1 N–H and O–H groups in total. The number of nitrogens with one attached hydrogen (secondary N) is 1. The normalized spacial score (nSPS) is 25.7. The number of rotatable bonds is 4. The highest BCUT2D eigenvalue weighted by atomic mass is 19.1. The van der Waals surface area contributed by atoms with E-state index >= 15 is 0 Å². The fourth-order valence-electron chi connectivity index (χ4n) is 3.77. The first-order chi connectivity index (χ1) is 12.2. The van der Waals surface area contributed by atoms with E-state index in [1.807, 2.05) is 42.5 Å². The van der Waals surface area contributed by atoms with Crippen LogP contribution in [0.15, 0.2) is 54.6 Å². The number of hydrogen-bond acceptors (Lipinski definition) is 3. The van der Waals surface area contributed by atoms with Gasteiger partial charge >= 0.3 is 0 Å². The molecule has 5 heteroatoms. The zero-order valence-corrected chi connectivity index (χ0v) is 13.9. The van der Waals surface area contributed by atoms with Crippen LogP contribution in [0.5, 0.6) is 0 Å². The first kappa shape index (κ1) is 16.2. The number of hydrogen-bond donors (Lipinski definition) is 1. The Kier molecular flexibility index (Phi) is 4.51. The molecule has 0 aliphatic carbocycles. The molecule has 0 radical (unpaired) electrons. The quantitative estimate of drug-likeness (QED) is 0.930. The molecule has 2 aromatic rings. The van der Waals surface area contributed by atoms with Crippen LogP contribution < -0.4 is 5.32 Å². The molecule has 25 heavy (non-hydrogen) atoms. The molecule has 0 spiro atoms. The molecule has 2 saturated heterocycles. The molecule has 0 saturated carbocycles. The molecule has 2 heterocycles. The van der Waals surface area contributed by atoms with Gasteiger partial charge in [0.25, 0.3) is 0 Å². The van der Waals surface area contributed by atoms with E-state index in [2.05, 4.69) is 10.2 Å². The van der Waals surface area contributed by atoms with Crippen molar-refractivity contribution < 1.29 is 13.9 Å². The van der Waals surface area contributed by atoms with Gasteiger partial charge in [-0.05, 0) is 24.6 Å². The number of carbonyl (C=O) groups excluding carboxylic acids is 1. The van der Waals surface area contributed by atoms with Crippen LogP contribution in [0.1, 0.15) is 12.0 Å². The van der Waals surface area contributed by atoms with Crippen LogP contribution >= 0.6 is 0 Å². The Morgan fingerprint density at radius 1 is 1.12 bits per heavy atom. The van der Waals surface area contributed by atoms with Gasteiger partial charge in [0.05, 0.1) is 18.1 Å². The second kappa shape index (κ2) is 6.94. The van der Waals surface area contributed by atoms with Gasteiger partial charge in [-0.25, -0.2) is 4.39 Å². The highest BCUT2D eigenvalue weighted by Crippen LogP contribution is 2.33. The molecular formula is C20H21FN2O2. The lowest BCUT2D eigenvalue weighted by Gasteiger charge is -2.32. The van der Waals surface area contributed by atoms with E-state index in [-0.39, 0.29) is 29.9 Å². The number of halogens is 1.